The molecule has 0 fully saturated rings. The smallest absolute Gasteiger partial charge is 0.305 e. The summed E-state index contributed by atoms with van der Waals surface area (Å²) in [7, 11) is 1.24. The number of benzene rings is 4. The van der Waals surface area contributed by atoms with Gasteiger partial charge in [-0.1, -0.05) is 54.1 Å². The predicted octanol–water partition coefficient (Wildman–Crippen LogP) is 6.08. The molecule has 1 atom stereocenters. The van der Waals surface area contributed by atoms with Crippen molar-refractivity contribution in [1.29, 1.82) is 0 Å². The molecule has 0 unspecified atom stereocenters. The van der Waals surface area contributed by atoms with Crippen LogP contribution in [0.5, 0.6) is 11.5 Å². The molecule has 1 aliphatic rings. The van der Waals surface area contributed by atoms with Crippen molar-refractivity contribution in [1.82, 2.24) is 5.32 Å². The molecular formula is C32H25ClFN3O6. The number of carbonyl (C=O) groups excluding carboxylic acids is 4. The first kappa shape index (κ1) is 29.3. The minimum atomic E-state index is -0.997. The Morgan fingerprint density at radius 2 is 1.81 bits per heavy atom. The number of fused-ring (bicyclic) bond motifs is 2. The summed E-state index contributed by atoms with van der Waals surface area (Å²) < 4.78 is 24.3. The Labute approximate surface area is 250 Å². The molecule has 1 aliphatic heterocycles. The third-order valence-electron chi connectivity index (χ3n) is 6.71. The quantitative estimate of drug-likeness (QED) is 0.166. The van der Waals surface area contributed by atoms with Gasteiger partial charge in [0, 0.05) is 17.9 Å². The molecule has 3 N–H and O–H groups in total. The number of carbonyl (C=O) groups is 4. The van der Waals surface area contributed by atoms with Crippen LogP contribution in [0.25, 0.3) is 16.8 Å². The number of rotatable bonds is 8. The third kappa shape index (κ3) is 6.82. The molecule has 9 nitrogen and oxygen atoms in total. The summed E-state index contributed by atoms with van der Waals surface area (Å²) in [4.78, 5) is 50.8. The number of anilines is 2. The van der Waals surface area contributed by atoms with E-state index in [1.165, 1.54) is 43.5 Å². The van der Waals surface area contributed by atoms with Gasteiger partial charge in [-0.3, -0.25) is 19.2 Å². The predicted molar refractivity (Wildman–Crippen MR) is 161 cm³/mol. The molecule has 0 saturated heterocycles. The van der Waals surface area contributed by atoms with E-state index >= 15 is 0 Å². The molecule has 0 aliphatic carbocycles. The van der Waals surface area contributed by atoms with E-state index in [4.69, 9.17) is 16.3 Å². The van der Waals surface area contributed by atoms with Crippen molar-refractivity contribution in [3.8, 4) is 11.5 Å². The molecule has 3 amide bonds. The second kappa shape index (κ2) is 12.7. The number of ether oxygens (including phenoxy) is 2. The van der Waals surface area contributed by atoms with E-state index in [2.05, 4.69) is 20.7 Å². The van der Waals surface area contributed by atoms with Crippen molar-refractivity contribution in [2.45, 2.75) is 18.9 Å². The zero-order chi connectivity index (χ0) is 30.5. The molecule has 0 spiro atoms. The Bertz CT molecular complexity index is 1790. The Kier molecular flexibility index (Phi) is 8.68. The first-order valence-corrected chi connectivity index (χ1v) is 13.6. The van der Waals surface area contributed by atoms with Crippen LogP contribution in [-0.4, -0.2) is 36.8 Å². The molecule has 0 bridgehead atoms. The average Bonchev–Trinajstić information content (AvgIpc) is 3.10. The lowest BCUT2D eigenvalue weighted by atomic mass is 10.1. The number of amides is 3. The van der Waals surface area contributed by atoms with E-state index in [0.29, 0.717) is 11.3 Å². The maximum absolute atomic E-state index is 13.4. The van der Waals surface area contributed by atoms with Gasteiger partial charge in [-0.25, -0.2) is 4.39 Å². The van der Waals surface area contributed by atoms with Gasteiger partial charge in [0.1, 0.15) is 17.6 Å². The molecule has 0 radical (unpaired) electrons. The van der Waals surface area contributed by atoms with Crippen molar-refractivity contribution in [2.75, 3.05) is 17.7 Å². The topological polar surface area (TPSA) is 123 Å². The molecule has 4 aromatic rings. The van der Waals surface area contributed by atoms with Gasteiger partial charge in [0.05, 0.1) is 29.1 Å². The summed E-state index contributed by atoms with van der Waals surface area (Å²) in [5, 5.41) is 9.90. The summed E-state index contributed by atoms with van der Waals surface area (Å²) in [6, 6.07) is 18.7. The maximum atomic E-state index is 13.4. The Hall–Kier alpha value is -5.22. The SMILES string of the molecule is COC(=O)CC[C@H]1NC(=O)c2cc(Oc3cccc4ccccc34)c(NC(=O)/C=C\c3ccc(F)cc3Cl)cc2NC1=O. The Balaban J connectivity index is 1.50. The minimum absolute atomic E-state index is 0.0257. The maximum Gasteiger partial charge on any atom is 0.305 e. The lowest BCUT2D eigenvalue weighted by Gasteiger charge is -2.16. The van der Waals surface area contributed by atoms with Crippen LogP contribution in [0.1, 0.15) is 28.8 Å². The Morgan fingerprint density at radius 1 is 1.02 bits per heavy atom. The molecule has 0 aromatic heterocycles. The summed E-state index contributed by atoms with van der Waals surface area (Å²) in [5.74, 6) is -2.12. The Morgan fingerprint density at radius 3 is 2.60 bits per heavy atom. The molecular weight excluding hydrogens is 577 g/mol. The first-order valence-electron chi connectivity index (χ1n) is 13.2. The summed E-state index contributed by atoms with van der Waals surface area (Å²) >= 11 is 6.07. The van der Waals surface area contributed by atoms with Crippen LogP contribution in [0.4, 0.5) is 15.8 Å². The summed E-state index contributed by atoms with van der Waals surface area (Å²) in [6.07, 6.45) is 2.58. The highest BCUT2D eigenvalue weighted by molar-refractivity contribution is 6.32. The van der Waals surface area contributed by atoms with E-state index in [1.807, 2.05) is 36.4 Å². The zero-order valence-electron chi connectivity index (χ0n) is 22.8. The van der Waals surface area contributed by atoms with E-state index in [9.17, 15) is 23.6 Å². The molecule has 1 heterocycles. The fourth-order valence-electron chi connectivity index (χ4n) is 4.52. The van der Waals surface area contributed by atoms with Crippen LogP contribution in [0.2, 0.25) is 5.02 Å². The van der Waals surface area contributed by atoms with Gasteiger partial charge in [-0.2, -0.15) is 0 Å². The van der Waals surface area contributed by atoms with Crippen molar-refractivity contribution in [2.24, 2.45) is 0 Å². The monoisotopic (exact) mass is 601 g/mol. The molecule has 218 valence electrons. The van der Waals surface area contributed by atoms with Gasteiger partial charge in [0.2, 0.25) is 11.8 Å². The van der Waals surface area contributed by atoms with Crippen LogP contribution in [0, 0.1) is 5.82 Å². The van der Waals surface area contributed by atoms with Crippen LogP contribution in [-0.2, 0) is 19.1 Å². The summed E-state index contributed by atoms with van der Waals surface area (Å²) in [6.45, 7) is 0. The number of halogens is 2. The molecule has 4 aromatic carbocycles. The van der Waals surface area contributed by atoms with Crippen LogP contribution >= 0.6 is 11.6 Å². The van der Waals surface area contributed by atoms with Crippen molar-refractivity contribution in [3.05, 3.63) is 101 Å². The second-order valence-electron chi connectivity index (χ2n) is 9.59. The fraction of sp³-hybridized carbons (Fsp3) is 0.125. The summed E-state index contributed by atoms with van der Waals surface area (Å²) in [5.41, 5.74) is 0.812. The number of hydrogen-bond donors (Lipinski definition) is 3. The largest absolute Gasteiger partial charge is 0.469 e. The van der Waals surface area contributed by atoms with Crippen LogP contribution in [0.3, 0.4) is 0 Å². The third-order valence-corrected chi connectivity index (χ3v) is 7.04. The standard InChI is InChI=1S/C32H25ClFN3O6/c1-42-30(39)14-12-24-32(41)37-25-17-26(35-29(38)13-10-19-9-11-20(34)15-23(19)33)28(16-22(25)31(40)36-24)43-27-8-4-6-18-5-2-3-7-21(18)27/h2-11,13,15-17,24H,12,14H2,1H3,(H,35,38)(H,36,40)(H,37,41)/b13-10-/t24-/m1/s1. The van der Waals surface area contributed by atoms with Gasteiger partial charge in [-0.15, -0.1) is 0 Å². The molecule has 11 heteroatoms. The lowest BCUT2D eigenvalue weighted by Crippen LogP contribution is -2.41. The van der Waals surface area contributed by atoms with Crippen molar-refractivity contribution < 1.29 is 33.0 Å². The molecule has 0 saturated carbocycles. The second-order valence-corrected chi connectivity index (χ2v) is 10.00. The normalized spacial score (nSPS) is 14.4. The minimum Gasteiger partial charge on any atom is -0.469 e. The van der Waals surface area contributed by atoms with E-state index < -0.39 is 35.5 Å². The average molecular weight is 602 g/mol. The van der Waals surface area contributed by atoms with Crippen LogP contribution < -0.4 is 20.7 Å². The molecule has 43 heavy (non-hydrogen) atoms. The number of nitrogens with one attached hydrogen (secondary N) is 3. The van der Waals surface area contributed by atoms with Gasteiger partial charge in [0.25, 0.3) is 5.91 Å². The number of esters is 1. The van der Waals surface area contributed by atoms with Gasteiger partial charge >= 0.3 is 5.97 Å². The number of hydrogen-bond acceptors (Lipinski definition) is 6. The lowest BCUT2D eigenvalue weighted by molar-refractivity contribution is -0.140. The number of methoxy groups -OCH3 is 1. The van der Waals surface area contributed by atoms with E-state index in [0.717, 1.165) is 16.8 Å². The first-order chi connectivity index (χ1) is 20.7. The van der Waals surface area contributed by atoms with Gasteiger partial charge in [-0.05, 0) is 53.8 Å². The highest BCUT2D eigenvalue weighted by Crippen LogP contribution is 2.38. The van der Waals surface area contributed by atoms with E-state index in [-0.39, 0.29) is 40.6 Å². The highest BCUT2D eigenvalue weighted by atomic mass is 35.5. The highest BCUT2D eigenvalue weighted by Gasteiger charge is 2.30. The van der Waals surface area contributed by atoms with Crippen molar-refractivity contribution >= 4 is 63.5 Å². The zero-order valence-corrected chi connectivity index (χ0v) is 23.5. The van der Waals surface area contributed by atoms with Gasteiger partial charge < -0.3 is 25.4 Å². The van der Waals surface area contributed by atoms with Crippen molar-refractivity contribution in [3.63, 3.8) is 0 Å². The van der Waals surface area contributed by atoms with E-state index in [1.54, 1.807) is 6.07 Å². The fourth-order valence-corrected chi connectivity index (χ4v) is 4.75. The molecule has 5 rings (SSSR count). The van der Waals surface area contributed by atoms with Gasteiger partial charge in [0.15, 0.2) is 5.75 Å². The van der Waals surface area contributed by atoms with Crippen LogP contribution in [0.15, 0.2) is 78.9 Å².